The summed E-state index contributed by atoms with van der Waals surface area (Å²) < 4.78 is 0. The molecule has 144 valence electrons. The third kappa shape index (κ3) is 6.28. The number of carbonyl (C=O) groups excluding carboxylic acids is 2. The number of hydrogen-bond donors (Lipinski definition) is 1. The molecular formula is C20H37N3O2. The maximum atomic E-state index is 12.3. The topological polar surface area (TPSA) is 52.7 Å². The molecule has 0 aromatic carbocycles. The van der Waals surface area contributed by atoms with E-state index < -0.39 is 0 Å². The van der Waals surface area contributed by atoms with Gasteiger partial charge in [-0.15, -0.1) is 0 Å². The van der Waals surface area contributed by atoms with Gasteiger partial charge in [-0.3, -0.25) is 9.59 Å². The van der Waals surface area contributed by atoms with E-state index in [0.29, 0.717) is 13.1 Å². The number of rotatable bonds is 5. The highest BCUT2D eigenvalue weighted by atomic mass is 16.2. The van der Waals surface area contributed by atoms with E-state index in [1.54, 1.807) is 0 Å². The predicted molar refractivity (Wildman–Crippen MR) is 101 cm³/mol. The van der Waals surface area contributed by atoms with Crippen LogP contribution in [0.2, 0.25) is 0 Å². The number of nitrogens with zero attached hydrogens (tertiary/aromatic N) is 2. The smallest absolute Gasteiger partial charge is 0.227 e. The minimum Gasteiger partial charge on any atom is -0.356 e. The molecule has 2 aliphatic rings. The number of likely N-dealkylation sites (tertiary alicyclic amines) is 2. The van der Waals surface area contributed by atoms with Crippen molar-refractivity contribution in [3.05, 3.63) is 0 Å². The Morgan fingerprint density at radius 3 is 2.16 bits per heavy atom. The summed E-state index contributed by atoms with van der Waals surface area (Å²) in [5.41, 5.74) is -0.332. The number of hydrogen-bond acceptors (Lipinski definition) is 3. The second-order valence-electron chi connectivity index (χ2n) is 8.99. The number of amides is 2. The van der Waals surface area contributed by atoms with Gasteiger partial charge in [-0.25, -0.2) is 0 Å². The van der Waals surface area contributed by atoms with E-state index in [-0.39, 0.29) is 23.1 Å². The lowest BCUT2D eigenvalue weighted by Gasteiger charge is -2.35. The van der Waals surface area contributed by atoms with Gasteiger partial charge in [0.25, 0.3) is 0 Å². The molecule has 0 aliphatic carbocycles. The van der Waals surface area contributed by atoms with E-state index in [4.69, 9.17) is 0 Å². The van der Waals surface area contributed by atoms with Crippen molar-refractivity contribution in [1.82, 2.24) is 15.1 Å². The van der Waals surface area contributed by atoms with Gasteiger partial charge in [0.15, 0.2) is 0 Å². The van der Waals surface area contributed by atoms with Gasteiger partial charge in [-0.2, -0.15) is 0 Å². The number of carbonyl (C=O) groups is 2. The Balaban J connectivity index is 1.60. The molecule has 0 aromatic heterocycles. The lowest BCUT2D eigenvalue weighted by molar-refractivity contribution is -0.142. The van der Waals surface area contributed by atoms with Crippen LogP contribution in [0.15, 0.2) is 0 Å². The molecular weight excluding hydrogens is 314 g/mol. The first-order valence-corrected chi connectivity index (χ1v) is 10.1. The molecule has 0 bridgehead atoms. The third-order valence-electron chi connectivity index (χ3n) is 5.62. The van der Waals surface area contributed by atoms with Crippen molar-refractivity contribution < 1.29 is 9.59 Å². The molecule has 5 heteroatoms. The molecule has 2 aliphatic heterocycles. The zero-order valence-corrected chi connectivity index (χ0v) is 16.6. The molecule has 2 saturated heterocycles. The standard InChI is InChI=1S/C20H37N3O2/c1-16-6-12-22(13-7-16)11-5-10-21-18(24)17-8-14-23(15-9-17)19(25)20(2,3)4/h16-17H,5-15H2,1-4H3,(H,21,24). The van der Waals surface area contributed by atoms with Crippen molar-refractivity contribution in [1.29, 1.82) is 0 Å². The molecule has 0 saturated carbocycles. The van der Waals surface area contributed by atoms with Gasteiger partial charge in [0.2, 0.25) is 11.8 Å². The first kappa shape index (κ1) is 20.2. The maximum absolute atomic E-state index is 12.3. The summed E-state index contributed by atoms with van der Waals surface area (Å²) in [5.74, 6) is 1.31. The largest absolute Gasteiger partial charge is 0.356 e. The van der Waals surface area contributed by atoms with Crippen molar-refractivity contribution in [3.63, 3.8) is 0 Å². The van der Waals surface area contributed by atoms with Gasteiger partial charge in [-0.05, 0) is 57.7 Å². The van der Waals surface area contributed by atoms with Crippen LogP contribution in [-0.2, 0) is 9.59 Å². The zero-order valence-electron chi connectivity index (χ0n) is 16.6. The number of piperidine rings is 2. The van der Waals surface area contributed by atoms with E-state index in [1.165, 1.54) is 25.9 Å². The fourth-order valence-electron chi connectivity index (χ4n) is 3.76. The van der Waals surface area contributed by atoms with E-state index in [1.807, 2.05) is 25.7 Å². The lowest BCUT2D eigenvalue weighted by Crippen LogP contribution is -2.46. The molecule has 0 spiro atoms. The van der Waals surface area contributed by atoms with E-state index in [2.05, 4.69) is 17.1 Å². The van der Waals surface area contributed by atoms with Crippen molar-refractivity contribution in [2.24, 2.45) is 17.3 Å². The summed E-state index contributed by atoms with van der Waals surface area (Å²) in [7, 11) is 0. The summed E-state index contributed by atoms with van der Waals surface area (Å²) in [5, 5.41) is 3.11. The van der Waals surface area contributed by atoms with E-state index >= 15 is 0 Å². The van der Waals surface area contributed by atoms with E-state index in [9.17, 15) is 9.59 Å². The minimum absolute atomic E-state index is 0.0693. The fourth-order valence-corrected chi connectivity index (χ4v) is 3.76. The quantitative estimate of drug-likeness (QED) is 0.775. The Labute approximate surface area is 153 Å². The maximum Gasteiger partial charge on any atom is 0.227 e. The van der Waals surface area contributed by atoms with Crippen molar-refractivity contribution >= 4 is 11.8 Å². The van der Waals surface area contributed by atoms with Crippen LogP contribution >= 0.6 is 0 Å². The molecule has 5 nitrogen and oxygen atoms in total. The Morgan fingerprint density at radius 2 is 1.60 bits per heavy atom. The van der Waals surface area contributed by atoms with Crippen LogP contribution in [0, 0.1) is 17.3 Å². The van der Waals surface area contributed by atoms with Crippen molar-refractivity contribution in [3.8, 4) is 0 Å². The lowest BCUT2D eigenvalue weighted by atomic mass is 9.90. The van der Waals surface area contributed by atoms with Crippen LogP contribution in [0.4, 0.5) is 0 Å². The van der Waals surface area contributed by atoms with Gasteiger partial charge >= 0.3 is 0 Å². The number of nitrogens with one attached hydrogen (secondary N) is 1. The van der Waals surface area contributed by atoms with Gasteiger partial charge in [0.1, 0.15) is 0 Å². The Kier molecular flexibility index (Phi) is 7.29. The summed E-state index contributed by atoms with van der Waals surface area (Å²) in [6, 6.07) is 0. The fraction of sp³-hybridized carbons (Fsp3) is 0.900. The van der Waals surface area contributed by atoms with Crippen LogP contribution < -0.4 is 5.32 Å². The molecule has 1 N–H and O–H groups in total. The molecule has 0 atom stereocenters. The Morgan fingerprint density at radius 1 is 1.00 bits per heavy atom. The Bertz CT molecular complexity index is 442. The minimum atomic E-state index is -0.332. The molecule has 0 unspecified atom stereocenters. The van der Waals surface area contributed by atoms with Crippen LogP contribution in [0.1, 0.15) is 59.8 Å². The molecule has 2 heterocycles. The average Bonchev–Trinajstić information content (AvgIpc) is 2.58. The van der Waals surface area contributed by atoms with Gasteiger partial charge in [0, 0.05) is 31.0 Å². The van der Waals surface area contributed by atoms with Crippen molar-refractivity contribution in [2.75, 3.05) is 39.3 Å². The van der Waals surface area contributed by atoms with Crippen molar-refractivity contribution in [2.45, 2.75) is 59.8 Å². The molecule has 2 fully saturated rings. The normalized spacial score (nSPS) is 21.4. The molecule has 0 aromatic rings. The summed E-state index contributed by atoms with van der Waals surface area (Å²) in [6.07, 6.45) is 5.22. The summed E-state index contributed by atoms with van der Waals surface area (Å²) in [6.45, 7) is 13.9. The molecule has 2 amide bonds. The molecule has 25 heavy (non-hydrogen) atoms. The van der Waals surface area contributed by atoms with Crippen LogP contribution in [0.5, 0.6) is 0 Å². The Hall–Kier alpha value is -1.10. The summed E-state index contributed by atoms with van der Waals surface area (Å²) in [4.78, 5) is 29.1. The second-order valence-corrected chi connectivity index (χ2v) is 8.99. The zero-order chi connectivity index (χ0) is 18.4. The highest BCUT2D eigenvalue weighted by Crippen LogP contribution is 2.23. The average molecular weight is 352 g/mol. The highest BCUT2D eigenvalue weighted by Gasteiger charge is 2.32. The second kappa shape index (κ2) is 9.02. The highest BCUT2D eigenvalue weighted by molar-refractivity contribution is 5.82. The SMILES string of the molecule is CC1CCN(CCCNC(=O)C2CCN(C(=O)C(C)(C)C)CC2)CC1. The van der Waals surface area contributed by atoms with E-state index in [0.717, 1.165) is 38.3 Å². The van der Waals surface area contributed by atoms with Crippen LogP contribution in [0.25, 0.3) is 0 Å². The van der Waals surface area contributed by atoms with Crippen LogP contribution in [0.3, 0.4) is 0 Å². The van der Waals surface area contributed by atoms with Gasteiger partial charge in [-0.1, -0.05) is 27.7 Å². The van der Waals surface area contributed by atoms with Gasteiger partial charge in [0.05, 0.1) is 0 Å². The first-order chi connectivity index (χ1) is 11.8. The van der Waals surface area contributed by atoms with Crippen LogP contribution in [-0.4, -0.2) is 60.9 Å². The summed E-state index contributed by atoms with van der Waals surface area (Å²) >= 11 is 0. The predicted octanol–water partition coefficient (Wildman–Crippen LogP) is 2.51. The first-order valence-electron chi connectivity index (χ1n) is 10.1. The molecule has 0 radical (unpaired) electrons. The third-order valence-corrected chi connectivity index (χ3v) is 5.62. The molecule has 2 rings (SSSR count). The monoisotopic (exact) mass is 351 g/mol. The van der Waals surface area contributed by atoms with Gasteiger partial charge < -0.3 is 15.1 Å².